The van der Waals surface area contributed by atoms with E-state index in [1.807, 2.05) is 6.08 Å². The molecule has 0 amide bonds. The molecular formula is C13H18N2. The number of rotatable bonds is 5. The van der Waals surface area contributed by atoms with E-state index in [0.717, 1.165) is 6.54 Å². The number of fused-ring (bicyclic) bond motifs is 1. The molecule has 15 heavy (non-hydrogen) atoms. The fourth-order valence-corrected chi connectivity index (χ4v) is 2.71. The molecule has 1 unspecified atom stereocenters. The molecule has 0 spiro atoms. The maximum Gasteiger partial charge on any atom is 0.0769 e. The first-order chi connectivity index (χ1) is 7.28. The molecule has 2 aliphatic carbocycles. The van der Waals surface area contributed by atoms with E-state index < -0.39 is 0 Å². The first-order valence-corrected chi connectivity index (χ1v) is 5.59. The van der Waals surface area contributed by atoms with Crippen molar-refractivity contribution in [3.63, 3.8) is 0 Å². The molecule has 0 bridgehead atoms. The zero-order chi connectivity index (χ0) is 10.9. The van der Waals surface area contributed by atoms with E-state index in [4.69, 9.17) is 0 Å². The average Bonchev–Trinajstić information content (AvgIpc) is 2.87. The van der Waals surface area contributed by atoms with Gasteiger partial charge in [0.05, 0.1) is 6.54 Å². The van der Waals surface area contributed by atoms with Gasteiger partial charge in [0, 0.05) is 17.7 Å². The van der Waals surface area contributed by atoms with Crippen molar-refractivity contribution in [3.05, 3.63) is 23.8 Å². The van der Waals surface area contributed by atoms with Crippen molar-refractivity contribution in [2.24, 2.45) is 15.4 Å². The van der Waals surface area contributed by atoms with Crippen LogP contribution in [0.2, 0.25) is 0 Å². The summed E-state index contributed by atoms with van der Waals surface area (Å²) in [5.41, 5.74) is 4.53. The van der Waals surface area contributed by atoms with Crippen LogP contribution in [0.5, 0.6) is 0 Å². The van der Waals surface area contributed by atoms with Crippen LogP contribution in [-0.4, -0.2) is 25.5 Å². The Balaban J connectivity index is 2.25. The third kappa shape index (κ3) is 1.48. The molecule has 1 fully saturated rings. The van der Waals surface area contributed by atoms with Crippen LogP contribution in [0, 0.1) is 5.41 Å². The van der Waals surface area contributed by atoms with E-state index in [1.54, 1.807) is 5.57 Å². The summed E-state index contributed by atoms with van der Waals surface area (Å²) in [7, 11) is 0. The Kier molecular flexibility index (Phi) is 2.59. The minimum atomic E-state index is 0.278. The Morgan fingerprint density at radius 1 is 1.60 bits per heavy atom. The second kappa shape index (κ2) is 3.76. The first kappa shape index (κ1) is 10.3. The Bertz CT molecular complexity index is 363. The molecular weight excluding hydrogens is 184 g/mol. The van der Waals surface area contributed by atoms with Gasteiger partial charge in [0.2, 0.25) is 0 Å². The predicted octanol–water partition coefficient (Wildman–Crippen LogP) is 2.81. The Morgan fingerprint density at radius 2 is 2.40 bits per heavy atom. The monoisotopic (exact) mass is 202 g/mol. The highest BCUT2D eigenvalue weighted by Crippen LogP contribution is 2.63. The van der Waals surface area contributed by atoms with Crippen LogP contribution >= 0.6 is 0 Å². The number of hydrogen-bond acceptors (Lipinski definition) is 2. The first-order valence-electron chi connectivity index (χ1n) is 5.59. The molecule has 1 atom stereocenters. The molecule has 2 aliphatic rings. The van der Waals surface area contributed by atoms with Gasteiger partial charge in [-0.05, 0) is 38.5 Å². The summed E-state index contributed by atoms with van der Waals surface area (Å²) < 4.78 is 0. The molecule has 0 aromatic carbocycles. The molecule has 2 nitrogen and oxygen atoms in total. The summed E-state index contributed by atoms with van der Waals surface area (Å²) in [5.74, 6) is 0. The van der Waals surface area contributed by atoms with Gasteiger partial charge in [-0.1, -0.05) is 18.2 Å². The topological polar surface area (TPSA) is 24.7 Å². The van der Waals surface area contributed by atoms with Crippen molar-refractivity contribution in [3.8, 4) is 0 Å². The van der Waals surface area contributed by atoms with Crippen LogP contribution in [0.1, 0.15) is 26.2 Å². The molecule has 2 rings (SSSR count). The minimum Gasteiger partial charge on any atom is -0.295 e. The lowest BCUT2D eigenvalue weighted by molar-refractivity contribution is 0.665. The Hall–Kier alpha value is -1.18. The summed E-state index contributed by atoms with van der Waals surface area (Å²) in [6.45, 7) is 11.1. The maximum atomic E-state index is 4.59. The lowest BCUT2D eigenvalue weighted by Crippen LogP contribution is -2.18. The zero-order valence-corrected chi connectivity index (χ0v) is 9.42. The molecule has 0 heterocycles. The summed E-state index contributed by atoms with van der Waals surface area (Å²) in [6.07, 6.45) is 5.56. The quantitative estimate of drug-likeness (QED) is 0.612. The van der Waals surface area contributed by atoms with Crippen molar-refractivity contribution in [2.45, 2.75) is 26.2 Å². The van der Waals surface area contributed by atoms with Crippen LogP contribution in [0.3, 0.4) is 0 Å². The number of nitrogens with zero attached hydrogens (tertiary/aromatic N) is 2. The molecule has 0 saturated heterocycles. The van der Waals surface area contributed by atoms with Crippen LogP contribution < -0.4 is 0 Å². The van der Waals surface area contributed by atoms with Gasteiger partial charge in [-0.25, -0.2) is 0 Å². The van der Waals surface area contributed by atoms with E-state index in [2.05, 4.69) is 30.2 Å². The van der Waals surface area contributed by atoms with E-state index >= 15 is 0 Å². The summed E-state index contributed by atoms with van der Waals surface area (Å²) in [6, 6.07) is 0. The molecule has 1 saturated carbocycles. The van der Waals surface area contributed by atoms with E-state index in [9.17, 15) is 0 Å². The van der Waals surface area contributed by atoms with E-state index in [1.165, 1.54) is 30.5 Å². The normalized spacial score (nSPS) is 29.0. The highest BCUT2D eigenvalue weighted by Gasteiger charge is 2.56. The summed E-state index contributed by atoms with van der Waals surface area (Å²) in [5, 5.41) is 0. The lowest BCUT2D eigenvalue weighted by Gasteiger charge is -2.12. The van der Waals surface area contributed by atoms with Crippen LogP contribution in [0.25, 0.3) is 0 Å². The van der Waals surface area contributed by atoms with Gasteiger partial charge in [0.1, 0.15) is 0 Å². The van der Waals surface area contributed by atoms with E-state index in [0.29, 0.717) is 6.54 Å². The Labute approximate surface area is 91.5 Å². The second-order valence-electron chi connectivity index (χ2n) is 4.27. The van der Waals surface area contributed by atoms with E-state index in [-0.39, 0.29) is 5.41 Å². The molecule has 0 aromatic heterocycles. The number of hydrogen-bond donors (Lipinski definition) is 0. The fourth-order valence-electron chi connectivity index (χ4n) is 2.71. The van der Waals surface area contributed by atoms with Gasteiger partial charge in [0.25, 0.3) is 0 Å². The maximum absolute atomic E-state index is 4.59. The molecule has 0 radical (unpaired) electrons. The van der Waals surface area contributed by atoms with Crippen LogP contribution in [0.15, 0.2) is 33.8 Å². The standard InChI is InChI=1S/C13H18N2/c1-4-10-6-7-13(8-11(10)13)12(9-14-3)15-5-2/h4H,1,3,5-9H2,2H3/b15-12+. The molecule has 2 heteroatoms. The van der Waals surface area contributed by atoms with Gasteiger partial charge >= 0.3 is 0 Å². The van der Waals surface area contributed by atoms with Gasteiger partial charge in [0.15, 0.2) is 0 Å². The predicted molar refractivity (Wildman–Crippen MR) is 65.9 cm³/mol. The molecule has 0 aromatic rings. The highest BCUT2D eigenvalue weighted by molar-refractivity contribution is 6.00. The van der Waals surface area contributed by atoms with Gasteiger partial charge in [-0.2, -0.15) is 0 Å². The van der Waals surface area contributed by atoms with Gasteiger partial charge in [-0.15, -0.1) is 0 Å². The van der Waals surface area contributed by atoms with Crippen molar-refractivity contribution in [1.82, 2.24) is 0 Å². The zero-order valence-electron chi connectivity index (χ0n) is 9.42. The van der Waals surface area contributed by atoms with Gasteiger partial charge < -0.3 is 0 Å². The van der Waals surface area contributed by atoms with Crippen molar-refractivity contribution >= 4 is 12.4 Å². The molecule has 0 N–H and O–H groups in total. The second-order valence-corrected chi connectivity index (χ2v) is 4.27. The summed E-state index contributed by atoms with van der Waals surface area (Å²) in [4.78, 5) is 8.59. The third-order valence-electron chi connectivity index (χ3n) is 3.55. The van der Waals surface area contributed by atoms with Gasteiger partial charge in [-0.3, -0.25) is 9.98 Å². The number of allylic oxidation sites excluding steroid dienone is 3. The average molecular weight is 202 g/mol. The van der Waals surface area contributed by atoms with Crippen molar-refractivity contribution in [2.75, 3.05) is 13.1 Å². The SMILES string of the molecule is C=CC1=C2CC2(/C(CN=C)=N/CC)CC1. The fraction of sp³-hybridized carbons (Fsp3) is 0.538. The van der Waals surface area contributed by atoms with Crippen LogP contribution in [-0.2, 0) is 0 Å². The number of aliphatic imine (C=N–C) groups is 2. The third-order valence-corrected chi connectivity index (χ3v) is 3.55. The largest absolute Gasteiger partial charge is 0.295 e. The van der Waals surface area contributed by atoms with Crippen molar-refractivity contribution in [1.29, 1.82) is 0 Å². The minimum absolute atomic E-state index is 0.278. The van der Waals surface area contributed by atoms with Crippen LogP contribution in [0.4, 0.5) is 0 Å². The highest BCUT2D eigenvalue weighted by atomic mass is 14.8. The smallest absolute Gasteiger partial charge is 0.0769 e. The lowest BCUT2D eigenvalue weighted by atomic mass is 9.96. The molecule has 80 valence electrons. The van der Waals surface area contributed by atoms with Crippen molar-refractivity contribution < 1.29 is 0 Å². The summed E-state index contributed by atoms with van der Waals surface area (Å²) >= 11 is 0. The Morgan fingerprint density at radius 3 is 2.87 bits per heavy atom. The molecule has 0 aliphatic heterocycles.